The third kappa shape index (κ3) is 3.03. The van der Waals surface area contributed by atoms with E-state index in [9.17, 15) is 19.6 Å². The van der Waals surface area contributed by atoms with Gasteiger partial charge in [-0.15, -0.1) is 0 Å². The van der Waals surface area contributed by atoms with E-state index < -0.39 is 10.7 Å². The van der Waals surface area contributed by atoms with Crippen LogP contribution >= 0.6 is 0 Å². The fraction of sp³-hybridized carbons (Fsp3) is 0.143. The molecule has 0 amide bonds. The van der Waals surface area contributed by atoms with Gasteiger partial charge in [-0.05, 0) is 19.1 Å². The van der Waals surface area contributed by atoms with Crippen LogP contribution in [-0.4, -0.2) is 10.0 Å². The molecule has 5 nitrogen and oxygen atoms in total. The zero-order valence-corrected chi connectivity index (χ0v) is 10.8. The molecule has 0 fully saturated rings. The number of aryl methyl sites for hydroxylation is 1. The average molecular weight is 276 g/mol. The summed E-state index contributed by atoms with van der Waals surface area (Å²) in [6, 6.07) is 8.26. The number of aromatic hydroxyl groups is 1. The van der Waals surface area contributed by atoms with E-state index in [4.69, 9.17) is 0 Å². The van der Waals surface area contributed by atoms with Gasteiger partial charge in [0.25, 0.3) is 5.69 Å². The zero-order valence-electron chi connectivity index (χ0n) is 10.8. The molecule has 0 radical (unpaired) electrons. The number of nitrogens with zero attached hydrogens (tertiary/aromatic N) is 1. The van der Waals surface area contributed by atoms with Crippen LogP contribution in [0.15, 0.2) is 36.4 Å². The van der Waals surface area contributed by atoms with E-state index in [0.717, 1.165) is 23.8 Å². The lowest BCUT2D eigenvalue weighted by molar-refractivity contribution is -0.384. The summed E-state index contributed by atoms with van der Waals surface area (Å²) >= 11 is 0. The second kappa shape index (κ2) is 5.56. The van der Waals surface area contributed by atoms with Gasteiger partial charge >= 0.3 is 0 Å². The fourth-order valence-electron chi connectivity index (χ4n) is 1.86. The smallest absolute Gasteiger partial charge is 0.292 e. The van der Waals surface area contributed by atoms with Crippen LogP contribution in [-0.2, 0) is 6.54 Å². The maximum atomic E-state index is 13.2. The quantitative estimate of drug-likeness (QED) is 0.663. The highest BCUT2D eigenvalue weighted by atomic mass is 19.1. The molecule has 0 spiro atoms. The van der Waals surface area contributed by atoms with Crippen LogP contribution in [0.5, 0.6) is 5.75 Å². The minimum Gasteiger partial charge on any atom is -0.508 e. The first kappa shape index (κ1) is 13.8. The predicted octanol–water partition coefficient (Wildman–Crippen LogP) is 3.36. The van der Waals surface area contributed by atoms with Gasteiger partial charge in [-0.1, -0.05) is 17.7 Å². The van der Waals surface area contributed by atoms with Crippen LogP contribution in [0, 0.1) is 22.9 Å². The third-order valence-electron chi connectivity index (χ3n) is 2.86. The maximum absolute atomic E-state index is 13.2. The van der Waals surface area contributed by atoms with Crippen molar-refractivity contribution in [3.63, 3.8) is 0 Å². The van der Waals surface area contributed by atoms with Crippen molar-refractivity contribution in [2.45, 2.75) is 13.5 Å². The van der Waals surface area contributed by atoms with Crippen molar-refractivity contribution in [2.24, 2.45) is 0 Å². The number of rotatable bonds is 4. The van der Waals surface area contributed by atoms with Crippen molar-refractivity contribution in [2.75, 3.05) is 5.32 Å². The van der Waals surface area contributed by atoms with Crippen LogP contribution in [0.4, 0.5) is 15.8 Å². The number of hydrogen-bond donors (Lipinski definition) is 2. The largest absolute Gasteiger partial charge is 0.508 e. The van der Waals surface area contributed by atoms with E-state index in [1.807, 2.05) is 6.92 Å². The highest BCUT2D eigenvalue weighted by Gasteiger charge is 2.14. The lowest BCUT2D eigenvalue weighted by Crippen LogP contribution is -2.03. The van der Waals surface area contributed by atoms with Crippen LogP contribution < -0.4 is 5.32 Å². The van der Waals surface area contributed by atoms with Gasteiger partial charge in [0.15, 0.2) is 0 Å². The normalized spacial score (nSPS) is 10.3. The van der Waals surface area contributed by atoms with E-state index >= 15 is 0 Å². The lowest BCUT2D eigenvalue weighted by Gasteiger charge is -2.09. The lowest BCUT2D eigenvalue weighted by atomic mass is 10.1. The molecule has 0 saturated heterocycles. The van der Waals surface area contributed by atoms with Crippen molar-refractivity contribution in [3.8, 4) is 5.75 Å². The molecule has 0 aliphatic rings. The number of nitrogens with one attached hydrogen (secondary N) is 1. The first-order chi connectivity index (χ1) is 9.47. The molecule has 20 heavy (non-hydrogen) atoms. The topological polar surface area (TPSA) is 75.4 Å². The first-order valence-corrected chi connectivity index (χ1v) is 5.93. The van der Waals surface area contributed by atoms with Crippen LogP contribution in [0.2, 0.25) is 0 Å². The fourth-order valence-corrected chi connectivity index (χ4v) is 1.86. The van der Waals surface area contributed by atoms with Gasteiger partial charge in [0.05, 0.1) is 4.92 Å². The third-order valence-corrected chi connectivity index (χ3v) is 2.86. The van der Waals surface area contributed by atoms with Crippen molar-refractivity contribution >= 4 is 11.4 Å². The molecule has 2 N–H and O–H groups in total. The van der Waals surface area contributed by atoms with E-state index in [2.05, 4.69) is 5.32 Å². The summed E-state index contributed by atoms with van der Waals surface area (Å²) in [6.07, 6.45) is 0. The van der Waals surface area contributed by atoms with E-state index in [1.54, 1.807) is 18.2 Å². The minimum absolute atomic E-state index is 0.0795. The van der Waals surface area contributed by atoms with Gasteiger partial charge in [-0.25, -0.2) is 4.39 Å². The molecule has 0 bridgehead atoms. The molecule has 104 valence electrons. The molecule has 0 unspecified atom stereocenters. The first-order valence-electron chi connectivity index (χ1n) is 5.93. The Labute approximate surface area is 114 Å². The predicted molar refractivity (Wildman–Crippen MR) is 73.2 cm³/mol. The Kier molecular flexibility index (Phi) is 3.84. The highest BCUT2D eigenvalue weighted by Crippen LogP contribution is 2.27. The summed E-state index contributed by atoms with van der Waals surface area (Å²) in [6.45, 7) is 2.03. The monoisotopic (exact) mass is 276 g/mol. The second-order valence-electron chi connectivity index (χ2n) is 4.40. The number of phenols is 1. The summed E-state index contributed by atoms with van der Waals surface area (Å²) in [7, 11) is 0. The number of nitro benzene ring substituents is 1. The van der Waals surface area contributed by atoms with Crippen molar-refractivity contribution < 1.29 is 14.4 Å². The number of anilines is 1. The molecular weight excluding hydrogens is 263 g/mol. The number of hydrogen-bond acceptors (Lipinski definition) is 4. The summed E-state index contributed by atoms with van der Waals surface area (Å²) in [5.74, 6) is -0.478. The molecule has 2 rings (SSSR count). The van der Waals surface area contributed by atoms with E-state index in [1.165, 1.54) is 0 Å². The molecule has 0 heterocycles. The highest BCUT2D eigenvalue weighted by molar-refractivity contribution is 5.61. The van der Waals surface area contributed by atoms with Crippen molar-refractivity contribution in [1.82, 2.24) is 0 Å². The van der Waals surface area contributed by atoms with Crippen LogP contribution in [0.1, 0.15) is 11.1 Å². The Balaban J connectivity index is 2.24. The molecule has 0 aliphatic carbocycles. The van der Waals surface area contributed by atoms with Crippen LogP contribution in [0.25, 0.3) is 0 Å². The van der Waals surface area contributed by atoms with Crippen molar-refractivity contribution in [1.29, 1.82) is 0 Å². The second-order valence-corrected chi connectivity index (χ2v) is 4.40. The van der Waals surface area contributed by atoms with Gasteiger partial charge in [0, 0.05) is 24.2 Å². The summed E-state index contributed by atoms with van der Waals surface area (Å²) in [5.41, 5.74) is 1.41. The standard InChI is InChI=1S/C14H13FN2O3/c1-9-2-5-14(18)10(6-9)8-16-12-7-11(15)3-4-13(12)17(19)20/h2-7,16,18H,8H2,1H3. The molecule has 0 aromatic heterocycles. The Bertz CT molecular complexity index is 659. The van der Waals surface area contributed by atoms with Crippen LogP contribution in [0.3, 0.4) is 0 Å². The Hall–Kier alpha value is -2.63. The summed E-state index contributed by atoms with van der Waals surface area (Å²) in [4.78, 5) is 10.3. The summed E-state index contributed by atoms with van der Waals surface area (Å²) in [5, 5.41) is 23.3. The number of halogens is 1. The number of phenolic OH excluding ortho intramolecular Hbond substituents is 1. The van der Waals surface area contributed by atoms with Gasteiger partial charge in [-0.2, -0.15) is 0 Å². The minimum atomic E-state index is -0.585. The van der Waals surface area contributed by atoms with Gasteiger partial charge in [0.1, 0.15) is 17.3 Å². The SMILES string of the molecule is Cc1ccc(O)c(CNc2cc(F)ccc2[N+](=O)[O-])c1. The molecule has 6 heteroatoms. The number of nitro groups is 1. The molecule has 2 aromatic rings. The summed E-state index contributed by atoms with van der Waals surface area (Å²) < 4.78 is 13.2. The average Bonchev–Trinajstić information content (AvgIpc) is 2.39. The molecule has 0 saturated carbocycles. The molecule has 0 aliphatic heterocycles. The molecular formula is C14H13FN2O3. The van der Waals surface area contributed by atoms with Gasteiger partial charge < -0.3 is 10.4 Å². The Morgan fingerprint density at radius 1 is 1.30 bits per heavy atom. The Morgan fingerprint density at radius 2 is 2.05 bits per heavy atom. The van der Waals surface area contributed by atoms with E-state index in [0.29, 0.717) is 5.56 Å². The van der Waals surface area contributed by atoms with E-state index in [-0.39, 0.29) is 23.7 Å². The Morgan fingerprint density at radius 3 is 2.75 bits per heavy atom. The van der Waals surface area contributed by atoms with Gasteiger partial charge in [0.2, 0.25) is 0 Å². The zero-order chi connectivity index (χ0) is 14.7. The maximum Gasteiger partial charge on any atom is 0.292 e. The number of benzene rings is 2. The molecule has 2 aromatic carbocycles. The van der Waals surface area contributed by atoms with Crippen molar-refractivity contribution in [3.05, 3.63) is 63.5 Å². The van der Waals surface area contributed by atoms with Gasteiger partial charge in [-0.3, -0.25) is 10.1 Å². The molecule has 0 atom stereocenters.